The molecule has 1 aromatic rings. The standard InChI is InChI=1S/C7H13N5.C2H6/c8-7-10-5-6(11-7)12-3-1-9-2-4-12;1-2/h5,9H,1-4H2,(H3,8,10,11);1-2H3. The van der Waals surface area contributed by atoms with Gasteiger partial charge in [-0.25, -0.2) is 4.98 Å². The van der Waals surface area contributed by atoms with Crippen molar-refractivity contribution < 1.29 is 0 Å². The second-order valence-corrected chi connectivity index (χ2v) is 2.89. The Kier molecular flexibility index (Phi) is 4.25. The van der Waals surface area contributed by atoms with Crippen molar-refractivity contribution in [2.24, 2.45) is 0 Å². The van der Waals surface area contributed by atoms with Gasteiger partial charge in [-0.1, -0.05) is 13.8 Å². The highest BCUT2D eigenvalue weighted by molar-refractivity contribution is 5.41. The zero-order valence-electron chi connectivity index (χ0n) is 8.88. The maximum absolute atomic E-state index is 5.48. The number of aromatic amines is 1. The van der Waals surface area contributed by atoms with E-state index >= 15 is 0 Å². The van der Waals surface area contributed by atoms with E-state index in [1.165, 1.54) is 0 Å². The number of anilines is 2. The lowest BCUT2D eigenvalue weighted by molar-refractivity contribution is 0.586. The van der Waals surface area contributed by atoms with Gasteiger partial charge in [0.1, 0.15) is 5.82 Å². The molecule has 1 aliphatic rings. The highest BCUT2D eigenvalue weighted by atomic mass is 15.3. The Balaban J connectivity index is 0.000000461. The zero-order chi connectivity index (χ0) is 10.4. The molecule has 4 N–H and O–H groups in total. The number of nitrogens with two attached hydrogens (primary N) is 1. The van der Waals surface area contributed by atoms with Crippen molar-refractivity contribution in [3.63, 3.8) is 0 Å². The molecule has 1 aromatic heterocycles. The lowest BCUT2D eigenvalue weighted by Crippen LogP contribution is -2.43. The second-order valence-electron chi connectivity index (χ2n) is 2.89. The Labute approximate surface area is 84.7 Å². The first-order chi connectivity index (χ1) is 6.86. The Bertz CT molecular complexity index is 251. The first-order valence-corrected chi connectivity index (χ1v) is 5.12. The fraction of sp³-hybridized carbons (Fsp3) is 0.667. The number of imidazole rings is 1. The van der Waals surface area contributed by atoms with Crippen molar-refractivity contribution in [3.05, 3.63) is 6.20 Å². The van der Waals surface area contributed by atoms with Gasteiger partial charge in [0.2, 0.25) is 0 Å². The maximum Gasteiger partial charge on any atom is 0.199 e. The monoisotopic (exact) mass is 197 g/mol. The first-order valence-electron chi connectivity index (χ1n) is 5.12. The van der Waals surface area contributed by atoms with Gasteiger partial charge >= 0.3 is 0 Å². The van der Waals surface area contributed by atoms with E-state index in [-0.39, 0.29) is 0 Å². The minimum Gasteiger partial charge on any atom is -0.369 e. The summed E-state index contributed by atoms with van der Waals surface area (Å²) in [5, 5.41) is 3.28. The van der Waals surface area contributed by atoms with Gasteiger partial charge in [-0.05, 0) is 0 Å². The van der Waals surface area contributed by atoms with Crippen LogP contribution in [-0.4, -0.2) is 36.1 Å². The molecular weight excluding hydrogens is 178 g/mol. The van der Waals surface area contributed by atoms with Gasteiger partial charge in [0.05, 0.1) is 6.20 Å². The van der Waals surface area contributed by atoms with E-state index in [1.807, 2.05) is 13.8 Å². The summed E-state index contributed by atoms with van der Waals surface area (Å²) in [5.41, 5.74) is 5.48. The summed E-state index contributed by atoms with van der Waals surface area (Å²) in [5.74, 6) is 1.51. The molecule has 0 spiro atoms. The fourth-order valence-corrected chi connectivity index (χ4v) is 1.39. The van der Waals surface area contributed by atoms with Gasteiger partial charge in [-0.2, -0.15) is 0 Å². The third-order valence-corrected chi connectivity index (χ3v) is 2.04. The second kappa shape index (κ2) is 5.49. The highest BCUT2D eigenvalue weighted by Crippen LogP contribution is 2.11. The summed E-state index contributed by atoms with van der Waals surface area (Å²) >= 11 is 0. The SMILES string of the molecule is CC.Nc1ncc(N2CCNCC2)[nH]1. The number of nitrogen functional groups attached to an aromatic ring is 1. The van der Waals surface area contributed by atoms with E-state index < -0.39 is 0 Å². The Morgan fingerprint density at radius 1 is 1.36 bits per heavy atom. The van der Waals surface area contributed by atoms with Crippen LogP contribution in [0.4, 0.5) is 11.8 Å². The average molecular weight is 197 g/mol. The molecule has 0 aromatic carbocycles. The lowest BCUT2D eigenvalue weighted by Gasteiger charge is -2.27. The maximum atomic E-state index is 5.48. The normalized spacial score (nSPS) is 16.0. The van der Waals surface area contributed by atoms with Crippen LogP contribution in [0.25, 0.3) is 0 Å². The average Bonchev–Trinajstić information content (AvgIpc) is 2.69. The molecule has 1 saturated heterocycles. The van der Waals surface area contributed by atoms with Gasteiger partial charge < -0.3 is 20.9 Å². The van der Waals surface area contributed by atoms with Crippen molar-refractivity contribution >= 4 is 11.8 Å². The summed E-state index contributed by atoms with van der Waals surface area (Å²) in [6.07, 6.45) is 1.78. The molecule has 2 rings (SSSR count). The molecule has 0 unspecified atom stereocenters. The minimum atomic E-state index is 0.489. The summed E-state index contributed by atoms with van der Waals surface area (Å²) in [7, 11) is 0. The molecule has 5 heteroatoms. The topological polar surface area (TPSA) is 70.0 Å². The zero-order valence-corrected chi connectivity index (χ0v) is 8.88. The minimum absolute atomic E-state index is 0.489. The van der Waals surface area contributed by atoms with Gasteiger partial charge in [-0.15, -0.1) is 0 Å². The number of hydrogen-bond donors (Lipinski definition) is 3. The van der Waals surface area contributed by atoms with Crippen LogP contribution in [0.1, 0.15) is 13.8 Å². The van der Waals surface area contributed by atoms with E-state index in [1.54, 1.807) is 6.20 Å². The van der Waals surface area contributed by atoms with Crippen LogP contribution in [0.2, 0.25) is 0 Å². The molecule has 2 heterocycles. The van der Waals surface area contributed by atoms with Crippen LogP contribution in [0.5, 0.6) is 0 Å². The van der Waals surface area contributed by atoms with Crippen LogP contribution in [0, 0.1) is 0 Å². The van der Waals surface area contributed by atoms with Crippen LogP contribution < -0.4 is 16.0 Å². The molecule has 80 valence electrons. The van der Waals surface area contributed by atoms with Crippen molar-refractivity contribution in [2.75, 3.05) is 36.8 Å². The van der Waals surface area contributed by atoms with Crippen LogP contribution in [-0.2, 0) is 0 Å². The number of rotatable bonds is 1. The molecule has 5 nitrogen and oxygen atoms in total. The van der Waals surface area contributed by atoms with E-state index in [9.17, 15) is 0 Å². The summed E-state index contributed by atoms with van der Waals surface area (Å²) in [6.45, 7) is 8.08. The molecule has 0 amide bonds. The van der Waals surface area contributed by atoms with Gasteiger partial charge in [0, 0.05) is 26.2 Å². The molecule has 1 fully saturated rings. The van der Waals surface area contributed by atoms with Gasteiger partial charge in [-0.3, -0.25) is 0 Å². The number of nitrogens with zero attached hydrogens (tertiary/aromatic N) is 2. The van der Waals surface area contributed by atoms with E-state index in [0.717, 1.165) is 32.0 Å². The number of H-pyrrole nitrogens is 1. The summed E-state index contributed by atoms with van der Waals surface area (Å²) in [6, 6.07) is 0. The van der Waals surface area contributed by atoms with E-state index in [2.05, 4.69) is 20.2 Å². The molecule has 0 aliphatic carbocycles. The van der Waals surface area contributed by atoms with Crippen molar-refractivity contribution in [1.29, 1.82) is 0 Å². The number of aromatic nitrogens is 2. The van der Waals surface area contributed by atoms with Crippen molar-refractivity contribution in [3.8, 4) is 0 Å². The molecular formula is C9H19N5. The lowest BCUT2D eigenvalue weighted by atomic mass is 10.4. The predicted octanol–water partition coefficient (Wildman–Crippen LogP) is 0.428. The molecule has 0 bridgehead atoms. The Hall–Kier alpha value is -1.23. The van der Waals surface area contributed by atoms with E-state index in [0.29, 0.717) is 5.95 Å². The van der Waals surface area contributed by atoms with Gasteiger partial charge in [0.15, 0.2) is 5.95 Å². The summed E-state index contributed by atoms with van der Waals surface area (Å²) < 4.78 is 0. The van der Waals surface area contributed by atoms with Gasteiger partial charge in [0.25, 0.3) is 0 Å². The van der Waals surface area contributed by atoms with Crippen LogP contribution in [0.3, 0.4) is 0 Å². The Morgan fingerprint density at radius 3 is 2.50 bits per heavy atom. The number of nitrogens with one attached hydrogen (secondary N) is 2. The molecule has 0 atom stereocenters. The largest absolute Gasteiger partial charge is 0.369 e. The quantitative estimate of drug-likeness (QED) is 0.610. The van der Waals surface area contributed by atoms with Crippen molar-refractivity contribution in [1.82, 2.24) is 15.3 Å². The molecule has 1 aliphatic heterocycles. The van der Waals surface area contributed by atoms with Crippen molar-refractivity contribution in [2.45, 2.75) is 13.8 Å². The Morgan fingerprint density at radius 2 is 2.00 bits per heavy atom. The summed E-state index contributed by atoms with van der Waals surface area (Å²) in [4.78, 5) is 9.20. The number of hydrogen-bond acceptors (Lipinski definition) is 4. The third-order valence-electron chi connectivity index (χ3n) is 2.04. The van der Waals surface area contributed by atoms with E-state index in [4.69, 9.17) is 5.73 Å². The molecule has 0 radical (unpaired) electrons. The smallest absolute Gasteiger partial charge is 0.199 e. The predicted molar refractivity (Wildman–Crippen MR) is 59.4 cm³/mol. The molecule has 14 heavy (non-hydrogen) atoms. The number of piperazine rings is 1. The highest BCUT2D eigenvalue weighted by Gasteiger charge is 2.11. The first kappa shape index (κ1) is 10.8. The fourth-order valence-electron chi connectivity index (χ4n) is 1.39. The molecule has 0 saturated carbocycles. The van der Waals surface area contributed by atoms with Crippen LogP contribution in [0.15, 0.2) is 6.20 Å². The van der Waals surface area contributed by atoms with Crippen LogP contribution >= 0.6 is 0 Å². The third kappa shape index (κ3) is 2.63.